The van der Waals surface area contributed by atoms with Crippen LogP contribution in [0.4, 0.5) is 5.69 Å². The lowest BCUT2D eigenvalue weighted by molar-refractivity contribution is 0.0455. The van der Waals surface area contributed by atoms with Crippen LogP contribution in [0.3, 0.4) is 0 Å². The number of anilines is 1. The Balaban J connectivity index is 2.12. The summed E-state index contributed by atoms with van der Waals surface area (Å²) < 4.78 is 6.78. The zero-order chi connectivity index (χ0) is 14.0. The fraction of sp³-hybridized carbons (Fsp3) is 0.417. The van der Waals surface area contributed by atoms with Crippen LogP contribution in [-0.4, -0.2) is 20.7 Å². The van der Waals surface area contributed by atoms with Crippen molar-refractivity contribution in [3.63, 3.8) is 0 Å². The number of nitrogens with two attached hydrogens (primary N) is 1. The monoisotopic (exact) mass is 280 g/mol. The number of thiazole rings is 1. The lowest BCUT2D eigenvalue weighted by atomic mass is 10.3. The zero-order valence-electron chi connectivity index (χ0n) is 11.1. The quantitative estimate of drug-likeness (QED) is 0.865. The van der Waals surface area contributed by atoms with Gasteiger partial charge in [-0.05, 0) is 20.8 Å². The fourth-order valence-corrected chi connectivity index (χ4v) is 2.32. The highest BCUT2D eigenvalue weighted by molar-refractivity contribution is 7.09. The maximum absolute atomic E-state index is 12.1. The minimum atomic E-state index is -0.467. The zero-order valence-corrected chi connectivity index (χ0v) is 12.0. The smallest absolute Gasteiger partial charge is 0.359 e. The Morgan fingerprint density at radius 2 is 2.26 bits per heavy atom. The van der Waals surface area contributed by atoms with Crippen molar-refractivity contribution in [3.8, 4) is 0 Å². The first-order valence-electron chi connectivity index (χ1n) is 5.94. The number of carbonyl (C=O) groups is 1. The van der Waals surface area contributed by atoms with Crippen molar-refractivity contribution in [2.75, 3.05) is 5.73 Å². The number of aromatic nitrogens is 3. The Bertz CT molecular complexity index is 603. The second-order valence-electron chi connectivity index (χ2n) is 4.10. The van der Waals surface area contributed by atoms with E-state index in [0.717, 1.165) is 10.7 Å². The number of carbonyl (C=O) groups excluding carboxylic acids is 1. The molecule has 6 nitrogen and oxygen atoms in total. The number of hydrogen-bond acceptors (Lipinski definition) is 6. The molecule has 0 spiro atoms. The van der Waals surface area contributed by atoms with Crippen LogP contribution in [0.15, 0.2) is 5.38 Å². The average Bonchev–Trinajstić information content (AvgIpc) is 2.92. The van der Waals surface area contributed by atoms with Gasteiger partial charge in [-0.3, -0.25) is 4.68 Å². The lowest BCUT2D eigenvalue weighted by Crippen LogP contribution is -2.14. The van der Waals surface area contributed by atoms with Gasteiger partial charge in [0.15, 0.2) is 5.69 Å². The molecule has 7 heteroatoms. The topological polar surface area (TPSA) is 83.0 Å². The number of nitrogens with zero attached hydrogens (tertiary/aromatic N) is 3. The average molecular weight is 280 g/mol. The third kappa shape index (κ3) is 2.76. The van der Waals surface area contributed by atoms with E-state index in [2.05, 4.69) is 10.1 Å². The first kappa shape index (κ1) is 13.5. The second kappa shape index (κ2) is 5.40. The van der Waals surface area contributed by atoms with Crippen LogP contribution in [0.2, 0.25) is 0 Å². The predicted octanol–water partition coefficient (Wildman–Crippen LogP) is 1.92. The van der Waals surface area contributed by atoms with E-state index in [-0.39, 0.29) is 6.61 Å². The molecule has 0 bridgehead atoms. The Morgan fingerprint density at radius 1 is 1.53 bits per heavy atom. The number of esters is 1. The van der Waals surface area contributed by atoms with Gasteiger partial charge in [0.2, 0.25) is 0 Å². The molecule has 0 aliphatic rings. The number of hydrogen-bond donors (Lipinski definition) is 1. The number of aryl methyl sites for hydroxylation is 3. The van der Waals surface area contributed by atoms with Gasteiger partial charge >= 0.3 is 5.97 Å². The summed E-state index contributed by atoms with van der Waals surface area (Å²) in [6.07, 6.45) is 0. The molecule has 2 N–H and O–H groups in total. The van der Waals surface area contributed by atoms with Crippen molar-refractivity contribution < 1.29 is 9.53 Å². The number of nitrogen functional groups attached to an aromatic ring is 1. The Labute approximate surface area is 115 Å². The summed E-state index contributed by atoms with van der Waals surface area (Å²) in [7, 11) is 0. The highest BCUT2D eigenvalue weighted by Crippen LogP contribution is 2.18. The van der Waals surface area contributed by atoms with Crippen molar-refractivity contribution in [3.05, 3.63) is 27.5 Å². The molecule has 0 amide bonds. The third-order valence-electron chi connectivity index (χ3n) is 2.68. The van der Waals surface area contributed by atoms with Crippen LogP contribution in [0.25, 0.3) is 0 Å². The van der Waals surface area contributed by atoms with E-state index in [1.807, 2.05) is 19.2 Å². The van der Waals surface area contributed by atoms with Gasteiger partial charge in [0.1, 0.15) is 6.61 Å². The number of rotatable bonds is 4. The largest absolute Gasteiger partial charge is 0.454 e. The van der Waals surface area contributed by atoms with Crippen LogP contribution in [0.1, 0.15) is 33.8 Å². The van der Waals surface area contributed by atoms with Gasteiger partial charge in [-0.2, -0.15) is 5.10 Å². The van der Waals surface area contributed by atoms with Crippen molar-refractivity contribution in [2.24, 2.45) is 0 Å². The van der Waals surface area contributed by atoms with Crippen LogP contribution in [0.5, 0.6) is 0 Å². The molecule has 102 valence electrons. The van der Waals surface area contributed by atoms with E-state index in [1.54, 1.807) is 11.6 Å². The molecule has 0 aliphatic carbocycles. The minimum Gasteiger partial charge on any atom is -0.454 e. The molecule has 0 aromatic carbocycles. The Kier molecular flexibility index (Phi) is 3.84. The van der Waals surface area contributed by atoms with Crippen LogP contribution in [-0.2, 0) is 17.9 Å². The summed E-state index contributed by atoms with van der Waals surface area (Å²) in [5.74, 6) is -0.467. The molecule has 2 rings (SSSR count). The highest BCUT2D eigenvalue weighted by atomic mass is 32.1. The van der Waals surface area contributed by atoms with Gasteiger partial charge in [-0.15, -0.1) is 11.3 Å². The predicted molar refractivity (Wildman–Crippen MR) is 73.0 cm³/mol. The fourth-order valence-electron chi connectivity index (χ4n) is 1.72. The third-order valence-corrected chi connectivity index (χ3v) is 3.51. The molecule has 2 heterocycles. The normalized spacial score (nSPS) is 10.7. The molecule has 2 aromatic heterocycles. The summed E-state index contributed by atoms with van der Waals surface area (Å²) in [5.41, 5.74) is 7.92. The van der Waals surface area contributed by atoms with E-state index in [0.29, 0.717) is 23.6 Å². The van der Waals surface area contributed by atoms with E-state index in [4.69, 9.17) is 10.5 Å². The van der Waals surface area contributed by atoms with Gasteiger partial charge in [0.25, 0.3) is 0 Å². The molecule has 19 heavy (non-hydrogen) atoms. The van der Waals surface area contributed by atoms with Crippen molar-refractivity contribution in [1.29, 1.82) is 0 Å². The summed E-state index contributed by atoms with van der Waals surface area (Å²) in [6, 6.07) is 0. The molecule has 0 unspecified atom stereocenters. The minimum absolute atomic E-state index is 0.149. The molecule has 0 saturated carbocycles. The van der Waals surface area contributed by atoms with Gasteiger partial charge < -0.3 is 10.5 Å². The van der Waals surface area contributed by atoms with E-state index in [9.17, 15) is 4.79 Å². The van der Waals surface area contributed by atoms with Crippen LogP contribution < -0.4 is 5.73 Å². The van der Waals surface area contributed by atoms with Crippen LogP contribution in [0, 0.1) is 13.8 Å². The summed E-state index contributed by atoms with van der Waals surface area (Å²) in [6.45, 7) is 6.28. The lowest BCUT2D eigenvalue weighted by Gasteiger charge is -2.05. The molecular formula is C12H16N4O2S. The molecule has 0 saturated heterocycles. The molecule has 2 aromatic rings. The highest BCUT2D eigenvalue weighted by Gasteiger charge is 2.20. The van der Waals surface area contributed by atoms with Crippen molar-refractivity contribution in [2.45, 2.75) is 33.9 Å². The first-order chi connectivity index (χ1) is 9.02. The molecule has 0 aliphatic heterocycles. The Hall–Kier alpha value is -1.89. The molecular weight excluding hydrogens is 264 g/mol. The van der Waals surface area contributed by atoms with Gasteiger partial charge in [0.05, 0.1) is 22.1 Å². The Morgan fingerprint density at radius 3 is 2.84 bits per heavy atom. The van der Waals surface area contributed by atoms with Gasteiger partial charge in [-0.25, -0.2) is 9.78 Å². The molecule has 0 atom stereocenters. The first-order valence-corrected chi connectivity index (χ1v) is 6.82. The second-order valence-corrected chi connectivity index (χ2v) is 5.16. The van der Waals surface area contributed by atoms with E-state index >= 15 is 0 Å². The summed E-state index contributed by atoms with van der Waals surface area (Å²) >= 11 is 1.52. The summed E-state index contributed by atoms with van der Waals surface area (Å²) in [4.78, 5) is 16.3. The van der Waals surface area contributed by atoms with E-state index < -0.39 is 5.97 Å². The van der Waals surface area contributed by atoms with Crippen molar-refractivity contribution in [1.82, 2.24) is 14.8 Å². The maximum atomic E-state index is 12.1. The van der Waals surface area contributed by atoms with E-state index in [1.165, 1.54) is 11.3 Å². The number of ether oxygens (including phenoxy) is 1. The summed E-state index contributed by atoms with van der Waals surface area (Å²) in [5, 5.41) is 7.00. The van der Waals surface area contributed by atoms with Crippen LogP contribution >= 0.6 is 11.3 Å². The van der Waals surface area contributed by atoms with Crippen molar-refractivity contribution >= 4 is 23.0 Å². The molecule has 0 radical (unpaired) electrons. The van der Waals surface area contributed by atoms with Gasteiger partial charge in [0, 0.05) is 11.9 Å². The standard InChI is InChI=1S/C12H16N4O2S/c1-4-16-11(10(13)7(2)15-16)12(17)18-5-9-6-19-8(3)14-9/h6H,4-5,13H2,1-3H3. The SMILES string of the molecule is CCn1nc(C)c(N)c1C(=O)OCc1csc(C)n1. The molecule has 0 fully saturated rings. The maximum Gasteiger partial charge on any atom is 0.359 e. The van der Waals surface area contributed by atoms with Gasteiger partial charge in [-0.1, -0.05) is 0 Å².